The Hall–Kier alpha value is -3.03. The summed E-state index contributed by atoms with van der Waals surface area (Å²) in [4.78, 5) is 28.9. The maximum absolute atomic E-state index is 12.7. The van der Waals surface area contributed by atoms with Crippen LogP contribution in [0.15, 0.2) is 29.3 Å². The number of fused-ring (bicyclic) bond motifs is 1. The van der Waals surface area contributed by atoms with E-state index in [0.29, 0.717) is 12.1 Å². The summed E-state index contributed by atoms with van der Waals surface area (Å²) in [5.74, 6) is -0.493. The summed E-state index contributed by atoms with van der Waals surface area (Å²) >= 11 is 0. The van der Waals surface area contributed by atoms with Crippen molar-refractivity contribution in [2.24, 2.45) is 0 Å². The molecule has 25 heavy (non-hydrogen) atoms. The van der Waals surface area contributed by atoms with Gasteiger partial charge in [0.15, 0.2) is 11.2 Å². The second-order valence-corrected chi connectivity index (χ2v) is 5.92. The van der Waals surface area contributed by atoms with Crippen LogP contribution in [-0.2, 0) is 9.53 Å². The third-order valence-corrected chi connectivity index (χ3v) is 4.03. The molecule has 2 aromatic heterocycles. The van der Waals surface area contributed by atoms with E-state index in [0.717, 1.165) is 16.8 Å². The number of hydrogen-bond donors (Lipinski definition) is 0. The van der Waals surface area contributed by atoms with Crippen molar-refractivity contribution in [3.05, 3.63) is 46.0 Å². The molecule has 1 aromatic carbocycles. The molecule has 0 N–H and O–H groups in total. The van der Waals surface area contributed by atoms with Crippen LogP contribution in [0.4, 0.5) is 0 Å². The zero-order valence-electron chi connectivity index (χ0n) is 14.6. The van der Waals surface area contributed by atoms with Gasteiger partial charge in [-0.15, -0.1) is 5.10 Å². The van der Waals surface area contributed by atoms with Gasteiger partial charge in [-0.1, -0.05) is 18.2 Å². The highest BCUT2D eigenvalue weighted by Crippen LogP contribution is 2.17. The Morgan fingerprint density at radius 2 is 1.92 bits per heavy atom. The number of benzene rings is 1. The summed E-state index contributed by atoms with van der Waals surface area (Å²) in [6.45, 7) is 5.76. The third-order valence-electron chi connectivity index (χ3n) is 4.03. The van der Waals surface area contributed by atoms with Crippen LogP contribution < -0.4 is 5.56 Å². The maximum Gasteiger partial charge on any atom is 0.329 e. The molecule has 3 rings (SSSR count). The molecular formula is C17H19N5O3. The lowest BCUT2D eigenvalue weighted by atomic mass is 10.1. The van der Waals surface area contributed by atoms with E-state index in [9.17, 15) is 9.59 Å². The molecule has 0 unspecified atom stereocenters. The molecule has 0 fully saturated rings. The zero-order valence-corrected chi connectivity index (χ0v) is 14.6. The quantitative estimate of drug-likeness (QED) is 0.671. The Morgan fingerprint density at radius 1 is 1.24 bits per heavy atom. The van der Waals surface area contributed by atoms with Crippen LogP contribution in [0, 0.1) is 13.8 Å². The molecule has 2 heterocycles. The number of hydrogen-bond acceptors (Lipinski definition) is 6. The topological polar surface area (TPSA) is 91.9 Å². The van der Waals surface area contributed by atoms with Crippen molar-refractivity contribution in [2.75, 3.05) is 7.11 Å². The number of esters is 1. The maximum atomic E-state index is 12.7. The predicted octanol–water partition coefficient (Wildman–Crippen LogP) is 1.72. The first kappa shape index (κ1) is 16.8. The van der Waals surface area contributed by atoms with Gasteiger partial charge >= 0.3 is 5.97 Å². The van der Waals surface area contributed by atoms with Crippen molar-refractivity contribution in [1.29, 1.82) is 0 Å². The molecule has 0 radical (unpaired) electrons. The SMILES string of the molecule is CC[C@@H](C(=O)OC)n1cnc2c(nnn2-c2cc(C)cc(C)c2)c1=O. The van der Waals surface area contributed by atoms with Gasteiger partial charge in [0.1, 0.15) is 12.4 Å². The van der Waals surface area contributed by atoms with Gasteiger partial charge in [0.2, 0.25) is 0 Å². The molecule has 130 valence electrons. The molecule has 8 nitrogen and oxygen atoms in total. The molecule has 0 saturated heterocycles. The highest BCUT2D eigenvalue weighted by Gasteiger charge is 2.23. The van der Waals surface area contributed by atoms with Gasteiger partial charge in [-0.2, -0.15) is 4.68 Å². The number of carbonyl (C=O) groups excluding carboxylic acids is 1. The van der Waals surface area contributed by atoms with Gasteiger partial charge < -0.3 is 4.74 Å². The second kappa shape index (κ2) is 6.46. The Bertz CT molecular complexity index is 985. The number of rotatable bonds is 4. The van der Waals surface area contributed by atoms with Crippen molar-refractivity contribution in [2.45, 2.75) is 33.2 Å². The monoisotopic (exact) mass is 341 g/mol. The van der Waals surface area contributed by atoms with Crippen LogP contribution in [0.25, 0.3) is 16.9 Å². The van der Waals surface area contributed by atoms with E-state index in [2.05, 4.69) is 15.3 Å². The Morgan fingerprint density at radius 3 is 2.52 bits per heavy atom. The summed E-state index contributed by atoms with van der Waals surface area (Å²) in [7, 11) is 1.29. The smallest absolute Gasteiger partial charge is 0.329 e. The Balaban J connectivity index is 2.17. The summed E-state index contributed by atoms with van der Waals surface area (Å²) < 4.78 is 7.53. The van der Waals surface area contributed by atoms with Crippen LogP contribution in [0.1, 0.15) is 30.5 Å². The molecule has 0 aliphatic heterocycles. The number of aromatic nitrogens is 5. The van der Waals surface area contributed by atoms with Crippen molar-refractivity contribution in [3.8, 4) is 5.69 Å². The predicted molar refractivity (Wildman–Crippen MR) is 91.7 cm³/mol. The van der Waals surface area contributed by atoms with E-state index >= 15 is 0 Å². The summed E-state index contributed by atoms with van der Waals surface area (Å²) in [6.07, 6.45) is 1.75. The molecule has 8 heteroatoms. The standard InChI is InChI=1S/C17H19N5O3/c1-5-13(17(24)25-4)21-9-18-15-14(16(21)23)19-20-22(15)12-7-10(2)6-11(3)8-12/h6-9,13H,5H2,1-4H3/t13-/m0/s1. The molecule has 0 aliphatic carbocycles. The highest BCUT2D eigenvalue weighted by atomic mass is 16.5. The average Bonchev–Trinajstić information content (AvgIpc) is 3.01. The number of methoxy groups -OCH3 is 1. The minimum absolute atomic E-state index is 0.115. The Labute approximate surface area is 144 Å². The normalized spacial score (nSPS) is 12.3. The molecule has 0 aliphatic rings. The first-order valence-corrected chi connectivity index (χ1v) is 7.95. The minimum Gasteiger partial charge on any atom is -0.467 e. The van der Waals surface area contributed by atoms with Gasteiger partial charge in [-0.25, -0.2) is 9.78 Å². The van der Waals surface area contributed by atoms with Crippen LogP contribution in [0.5, 0.6) is 0 Å². The molecule has 0 saturated carbocycles. The number of aryl methyl sites for hydroxylation is 2. The van der Waals surface area contributed by atoms with E-state index in [1.165, 1.54) is 22.7 Å². The largest absolute Gasteiger partial charge is 0.467 e. The van der Waals surface area contributed by atoms with Crippen molar-refractivity contribution >= 4 is 17.1 Å². The van der Waals surface area contributed by atoms with E-state index in [-0.39, 0.29) is 5.52 Å². The number of ether oxygens (including phenoxy) is 1. The molecule has 0 spiro atoms. The Kier molecular flexibility index (Phi) is 4.35. The van der Waals surface area contributed by atoms with Crippen LogP contribution in [0.3, 0.4) is 0 Å². The molecular weight excluding hydrogens is 322 g/mol. The van der Waals surface area contributed by atoms with Crippen LogP contribution in [-0.4, -0.2) is 37.6 Å². The average molecular weight is 341 g/mol. The fourth-order valence-electron chi connectivity index (χ4n) is 2.90. The lowest BCUT2D eigenvalue weighted by Crippen LogP contribution is -2.30. The van der Waals surface area contributed by atoms with Gasteiger partial charge in [-0.05, 0) is 43.5 Å². The van der Waals surface area contributed by atoms with Crippen molar-refractivity contribution < 1.29 is 9.53 Å². The minimum atomic E-state index is -0.735. The van der Waals surface area contributed by atoms with Gasteiger partial charge in [0.25, 0.3) is 5.56 Å². The van der Waals surface area contributed by atoms with E-state index in [1.807, 2.05) is 32.0 Å². The van der Waals surface area contributed by atoms with Gasteiger partial charge in [0, 0.05) is 0 Å². The molecule has 3 aromatic rings. The van der Waals surface area contributed by atoms with E-state index in [1.54, 1.807) is 6.92 Å². The first-order valence-electron chi connectivity index (χ1n) is 7.95. The molecule has 0 bridgehead atoms. The fourth-order valence-corrected chi connectivity index (χ4v) is 2.90. The lowest BCUT2D eigenvalue weighted by molar-refractivity contribution is -0.144. The van der Waals surface area contributed by atoms with Crippen molar-refractivity contribution in [1.82, 2.24) is 24.5 Å². The van der Waals surface area contributed by atoms with Gasteiger partial charge in [-0.3, -0.25) is 9.36 Å². The molecule has 0 amide bonds. The lowest BCUT2D eigenvalue weighted by Gasteiger charge is -2.14. The summed E-state index contributed by atoms with van der Waals surface area (Å²) in [5, 5.41) is 8.06. The number of carbonyl (C=O) groups is 1. The fraction of sp³-hybridized carbons (Fsp3) is 0.353. The zero-order chi connectivity index (χ0) is 18.1. The number of nitrogens with zero attached hydrogens (tertiary/aromatic N) is 5. The highest BCUT2D eigenvalue weighted by molar-refractivity contribution is 5.75. The molecule has 1 atom stereocenters. The van der Waals surface area contributed by atoms with Crippen LogP contribution in [0.2, 0.25) is 0 Å². The van der Waals surface area contributed by atoms with Crippen LogP contribution >= 0.6 is 0 Å². The summed E-state index contributed by atoms with van der Waals surface area (Å²) in [6, 6.07) is 5.20. The van der Waals surface area contributed by atoms with E-state index < -0.39 is 17.6 Å². The van der Waals surface area contributed by atoms with Crippen molar-refractivity contribution in [3.63, 3.8) is 0 Å². The third kappa shape index (κ3) is 2.90. The van der Waals surface area contributed by atoms with Gasteiger partial charge in [0.05, 0.1) is 12.8 Å². The summed E-state index contributed by atoms with van der Waals surface area (Å²) in [5.41, 5.74) is 2.98. The second-order valence-electron chi connectivity index (χ2n) is 5.92. The first-order chi connectivity index (χ1) is 12.0. The van der Waals surface area contributed by atoms with E-state index in [4.69, 9.17) is 4.74 Å².